The molecule has 0 radical (unpaired) electrons. The minimum absolute atomic E-state index is 0.0174. The second-order valence-electron chi connectivity index (χ2n) is 7.35. The van der Waals surface area contributed by atoms with E-state index in [1.165, 1.54) is 0 Å². The number of rotatable bonds is 5. The van der Waals surface area contributed by atoms with Crippen LogP contribution in [0.2, 0.25) is 0 Å². The molecule has 0 fully saturated rings. The fourth-order valence-electron chi connectivity index (χ4n) is 3.82. The molecule has 0 atom stereocenters. The highest BCUT2D eigenvalue weighted by molar-refractivity contribution is 5.94. The van der Waals surface area contributed by atoms with E-state index in [1.807, 2.05) is 77.5 Å². The lowest BCUT2D eigenvalue weighted by atomic mass is 10.1. The SMILES string of the molecule is O=C(Cn1c2ccccc2c(=O)c2ccccc21)NCc1cnn(-c2ccccc2)c1. The Hall–Kier alpha value is -4.19. The molecule has 0 aliphatic heterocycles. The minimum atomic E-state index is -0.133. The van der Waals surface area contributed by atoms with E-state index in [0.717, 1.165) is 22.3 Å². The Morgan fingerprint density at radius 3 is 2.13 bits per heavy atom. The first-order chi connectivity index (χ1) is 15.2. The molecular formula is C25H20N4O2. The molecule has 0 saturated carbocycles. The number of amides is 1. The van der Waals surface area contributed by atoms with Gasteiger partial charge >= 0.3 is 0 Å². The average molecular weight is 408 g/mol. The molecule has 3 aromatic carbocycles. The molecule has 0 spiro atoms. The number of carbonyl (C=O) groups is 1. The number of hydrogen-bond donors (Lipinski definition) is 1. The Bertz CT molecular complexity index is 1390. The van der Waals surface area contributed by atoms with Crippen molar-refractivity contribution < 1.29 is 4.79 Å². The summed E-state index contributed by atoms with van der Waals surface area (Å²) in [5.41, 5.74) is 3.35. The van der Waals surface area contributed by atoms with Crippen LogP contribution < -0.4 is 10.7 Å². The lowest BCUT2D eigenvalue weighted by molar-refractivity contribution is -0.121. The van der Waals surface area contributed by atoms with Gasteiger partial charge in [-0.15, -0.1) is 0 Å². The van der Waals surface area contributed by atoms with Crippen LogP contribution in [0.3, 0.4) is 0 Å². The highest BCUT2D eigenvalue weighted by Gasteiger charge is 2.13. The summed E-state index contributed by atoms with van der Waals surface area (Å²) < 4.78 is 3.68. The molecule has 31 heavy (non-hydrogen) atoms. The quantitative estimate of drug-likeness (QED) is 0.451. The number of fused-ring (bicyclic) bond motifs is 2. The number of benzene rings is 3. The molecule has 5 aromatic rings. The van der Waals surface area contributed by atoms with E-state index in [2.05, 4.69) is 10.4 Å². The molecule has 0 aliphatic rings. The van der Waals surface area contributed by atoms with Gasteiger partial charge in [-0.05, 0) is 36.4 Å². The van der Waals surface area contributed by atoms with Gasteiger partial charge in [-0.3, -0.25) is 9.59 Å². The highest BCUT2D eigenvalue weighted by atomic mass is 16.2. The van der Waals surface area contributed by atoms with Crippen molar-refractivity contribution in [2.45, 2.75) is 13.1 Å². The van der Waals surface area contributed by atoms with E-state index in [-0.39, 0.29) is 17.9 Å². The third kappa shape index (κ3) is 3.59. The summed E-state index contributed by atoms with van der Waals surface area (Å²) in [6.07, 6.45) is 3.65. The normalized spacial score (nSPS) is 11.1. The predicted molar refractivity (Wildman–Crippen MR) is 121 cm³/mol. The molecule has 1 N–H and O–H groups in total. The molecule has 1 amide bonds. The Morgan fingerprint density at radius 2 is 1.45 bits per heavy atom. The lowest BCUT2D eigenvalue weighted by Gasteiger charge is -2.15. The monoisotopic (exact) mass is 408 g/mol. The van der Waals surface area contributed by atoms with Crippen molar-refractivity contribution in [1.82, 2.24) is 19.7 Å². The van der Waals surface area contributed by atoms with Crippen LogP contribution in [0.15, 0.2) is 96.1 Å². The van der Waals surface area contributed by atoms with E-state index < -0.39 is 0 Å². The standard InChI is InChI=1S/C25H20N4O2/c30-24(26-14-18-15-27-29(16-18)19-8-2-1-3-9-19)17-28-22-12-6-4-10-20(22)25(31)21-11-5-7-13-23(21)28/h1-13,15-16H,14,17H2,(H,26,30). The van der Waals surface area contributed by atoms with Gasteiger partial charge in [0.2, 0.25) is 5.91 Å². The topological polar surface area (TPSA) is 68.9 Å². The van der Waals surface area contributed by atoms with Crippen LogP contribution in [-0.2, 0) is 17.9 Å². The maximum absolute atomic E-state index is 12.8. The zero-order valence-corrected chi connectivity index (χ0v) is 16.7. The van der Waals surface area contributed by atoms with E-state index in [4.69, 9.17) is 0 Å². The molecule has 6 nitrogen and oxygen atoms in total. The number of aromatic nitrogens is 3. The van der Waals surface area contributed by atoms with Gasteiger partial charge in [0.05, 0.1) is 22.9 Å². The zero-order chi connectivity index (χ0) is 21.2. The minimum Gasteiger partial charge on any atom is -0.350 e. The van der Waals surface area contributed by atoms with Crippen molar-refractivity contribution in [3.63, 3.8) is 0 Å². The van der Waals surface area contributed by atoms with Gasteiger partial charge in [0, 0.05) is 29.1 Å². The summed E-state index contributed by atoms with van der Waals surface area (Å²) >= 11 is 0. The molecule has 0 unspecified atom stereocenters. The number of nitrogens with one attached hydrogen (secondary N) is 1. The fraction of sp³-hybridized carbons (Fsp3) is 0.0800. The number of pyridine rings is 1. The molecule has 2 heterocycles. The molecule has 0 saturated heterocycles. The Balaban J connectivity index is 1.39. The Kier molecular flexibility index (Phi) is 4.80. The van der Waals surface area contributed by atoms with Crippen molar-refractivity contribution in [2.24, 2.45) is 0 Å². The van der Waals surface area contributed by atoms with Crippen LogP contribution in [0.1, 0.15) is 5.56 Å². The Morgan fingerprint density at radius 1 is 0.839 bits per heavy atom. The molecule has 0 aliphatic carbocycles. The van der Waals surface area contributed by atoms with Crippen LogP contribution in [0.5, 0.6) is 0 Å². The second kappa shape index (κ2) is 7.91. The van der Waals surface area contributed by atoms with E-state index >= 15 is 0 Å². The first kappa shape index (κ1) is 18.8. The van der Waals surface area contributed by atoms with Gasteiger partial charge in [-0.2, -0.15) is 5.10 Å². The van der Waals surface area contributed by atoms with E-state index in [0.29, 0.717) is 17.3 Å². The third-order valence-electron chi connectivity index (χ3n) is 5.33. The lowest BCUT2D eigenvalue weighted by Crippen LogP contribution is -2.28. The smallest absolute Gasteiger partial charge is 0.240 e. The maximum Gasteiger partial charge on any atom is 0.240 e. The van der Waals surface area contributed by atoms with Crippen LogP contribution in [-0.4, -0.2) is 20.3 Å². The molecule has 152 valence electrons. The van der Waals surface area contributed by atoms with Gasteiger partial charge in [0.1, 0.15) is 6.54 Å². The van der Waals surface area contributed by atoms with Gasteiger partial charge in [0.15, 0.2) is 5.43 Å². The fourth-order valence-corrected chi connectivity index (χ4v) is 3.82. The average Bonchev–Trinajstić information content (AvgIpc) is 3.30. The van der Waals surface area contributed by atoms with Crippen LogP contribution in [0.25, 0.3) is 27.5 Å². The summed E-state index contributed by atoms with van der Waals surface area (Å²) in [6, 6.07) is 24.6. The van der Waals surface area contributed by atoms with E-state index in [9.17, 15) is 9.59 Å². The summed E-state index contributed by atoms with van der Waals surface area (Å²) in [6.45, 7) is 0.496. The Labute approximate surface area is 178 Å². The maximum atomic E-state index is 12.8. The van der Waals surface area contributed by atoms with Crippen LogP contribution in [0, 0.1) is 0 Å². The number of para-hydroxylation sites is 3. The van der Waals surface area contributed by atoms with Crippen molar-refractivity contribution in [3.05, 3.63) is 107 Å². The molecule has 2 aromatic heterocycles. The first-order valence-electron chi connectivity index (χ1n) is 10.1. The number of carbonyl (C=O) groups excluding carboxylic acids is 1. The van der Waals surface area contributed by atoms with E-state index in [1.54, 1.807) is 23.0 Å². The zero-order valence-electron chi connectivity index (χ0n) is 16.7. The highest BCUT2D eigenvalue weighted by Crippen LogP contribution is 2.19. The van der Waals surface area contributed by atoms with Gasteiger partial charge in [-0.25, -0.2) is 4.68 Å². The first-order valence-corrected chi connectivity index (χ1v) is 10.1. The summed E-state index contributed by atoms with van der Waals surface area (Å²) in [5.74, 6) is -0.133. The van der Waals surface area contributed by atoms with Crippen LogP contribution >= 0.6 is 0 Å². The third-order valence-corrected chi connectivity index (χ3v) is 5.33. The molecule has 0 bridgehead atoms. The largest absolute Gasteiger partial charge is 0.350 e. The van der Waals surface area contributed by atoms with Gasteiger partial charge in [-0.1, -0.05) is 42.5 Å². The van der Waals surface area contributed by atoms with Gasteiger partial charge in [0.25, 0.3) is 0 Å². The predicted octanol–water partition coefficient (Wildman–Crippen LogP) is 3.66. The summed E-state index contributed by atoms with van der Waals surface area (Å²) in [4.78, 5) is 25.6. The number of nitrogens with zero attached hydrogens (tertiary/aromatic N) is 3. The second-order valence-corrected chi connectivity index (χ2v) is 7.35. The molecular weight excluding hydrogens is 388 g/mol. The molecule has 6 heteroatoms. The van der Waals surface area contributed by atoms with Crippen molar-refractivity contribution in [1.29, 1.82) is 0 Å². The van der Waals surface area contributed by atoms with Crippen molar-refractivity contribution in [3.8, 4) is 5.69 Å². The van der Waals surface area contributed by atoms with Gasteiger partial charge < -0.3 is 9.88 Å². The molecule has 5 rings (SSSR count). The summed E-state index contributed by atoms with van der Waals surface area (Å²) in [7, 11) is 0. The number of hydrogen-bond acceptors (Lipinski definition) is 3. The van der Waals surface area contributed by atoms with Crippen molar-refractivity contribution >= 4 is 27.7 Å². The van der Waals surface area contributed by atoms with Crippen LogP contribution in [0.4, 0.5) is 0 Å². The summed E-state index contributed by atoms with van der Waals surface area (Å²) in [5, 5.41) is 8.55. The van der Waals surface area contributed by atoms with Crippen molar-refractivity contribution in [2.75, 3.05) is 0 Å².